The molecule has 1 aliphatic heterocycles. The molecule has 0 saturated carbocycles. The first-order valence-electron chi connectivity index (χ1n) is 9.49. The highest BCUT2D eigenvalue weighted by molar-refractivity contribution is 7.99. The van der Waals surface area contributed by atoms with Crippen LogP contribution in [0.5, 0.6) is 0 Å². The van der Waals surface area contributed by atoms with Gasteiger partial charge in [0, 0.05) is 36.0 Å². The molecule has 3 rings (SSSR count). The highest BCUT2D eigenvalue weighted by Gasteiger charge is 2.30. The number of carbonyl (C=O) groups is 2. The molecule has 2 aromatic heterocycles. The molecule has 1 aliphatic rings. The number of pyridine rings is 1. The highest BCUT2D eigenvalue weighted by atomic mass is 32.2. The van der Waals surface area contributed by atoms with Crippen molar-refractivity contribution in [1.82, 2.24) is 30.4 Å². The number of amides is 2. The molecule has 2 amide bonds. The first-order valence-corrected chi connectivity index (χ1v) is 10.5. The van der Waals surface area contributed by atoms with E-state index in [-0.39, 0.29) is 12.6 Å². The van der Waals surface area contributed by atoms with E-state index in [2.05, 4.69) is 32.7 Å². The standard InChI is InChI=1S/C19H24N6O3S/c1-4-10-25-16(13-6-8-20-9-7-13)23-24-19(25)29-11-14-15(17(26)28-5-2)12(3)21-18(27)22-14/h6-9,12H,4-5,10-11H2,1-3H3,(H2,21,22,27). The number of esters is 1. The zero-order valence-electron chi connectivity index (χ0n) is 16.6. The quantitative estimate of drug-likeness (QED) is 0.502. The van der Waals surface area contributed by atoms with Crippen molar-refractivity contribution in [1.29, 1.82) is 0 Å². The lowest BCUT2D eigenvalue weighted by atomic mass is 10.1. The number of thioether (sulfide) groups is 1. The summed E-state index contributed by atoms with van der Waals surface area (Å²) in [7, 11) is 0. The third kappa shape index (κ3) is 4.76. The van der Waals surface area contributed by atoms with E-state index in [1.165, 1.54) is 11.8 Å². The Morgan fingerprint density at radius 3 is 2.72 bits per heavy atom. The minimum atomic E-state index is -0.435. The summed E-state index contributed by atoms with van der Waals surface area (Å²) in [5.74, 6) is 0.694. The van der Waals surface area contributed by atoms with Gasteiger partial charge in [0.2, 0.25) is 0 Å². The van der Waals surface area contributed by atoms with E-state index in [0.717, 1.165) is 29.5 Å². The molecule has 10 heteroatoms. The fourth-order valence-electron chi connectivity index (χ4n) is 3.07. The second-order valence-electron chi connectivity index (χ2n) is 6.42. The smallest absolute Gasteiger partial charge is 0.337 e. The summed E-state index contributed by atoms with van der Waals surface area (Å²) in [6.07, 6.45) is 4.35. The fourth-order valence-corrected chi connectivity index (χ4v) is 4.00. The van der Waals surface area contributed by atoms with Crippen LogP contribution in [-0.2, 0) is 16.1 Å². The van der Waals surface area contributed by atoms with Gasteiger partial charge in [0.15, 0.2) is 11.0 Å². The Kier molecular flexibility index (Phi) is 6.86. The van der Waals surface area contributed by atoms with E-state index in [1.54, 1.807) is 26.2 Å². The molecular formula is C19H24N6O3S. The van der Waals surface area contributed by atoms with Crippen LogP contribution >= 0.6 is 11.8 Å². The van der Waals surface area contributed by atoms with Gasteiger partial charge in [-0.15, -0.1) is 10.2 Å². The van der Waals surface area contributed by atoms with Crippen LogP contribution in [0, 0.1) is 0 Å². The van der Waals surface area contributed by atoms with Gasteiger partial charge in [-0.05, 0) is 32.4 Å². The molecule has 2 aromatic rings. The summed E-state index contributed by atoms with van der Waals surface area (Å²) in [5.41, 5.74) is 1.89. The maximum atomic E-state index is 12.4. The van der Waals surface area contributed by atoms with Crippen molar-refractivity contribution < 1.29 is 14.3 Å². The van der Waals surface area contributed by atoms with Gasteiger partial charge in [-0.2, -0.15) is 0 Å². The van der Waals surface area contributed by atoms with Gasteiger partial charge in [-0.3, -0.25) is 4.98 Å². The predicted molar refractivity (Wildman–Crippen MR) is 109 cm³/mol. The fraction of sp³-hybridized carbons (Fsp3) is 0.421. The third-order valence-electron chi connectivity index (χ3n) is 4.31. The summed E-state index contributed by atoms with van der Waals surface area (Å²) in [4.78, 5) is 28.3. The topological polar surface area (TPSA) is 111 Å². The van der Waals surface area contributed by atoms with Crippen molar-refractivity contribution in [3.05, 3.63) is 35.8 Å². The van der Waals surface area contributed by atoms with Gasteiger partial charge in [-0.1, -0.05) is 18.7 Å². The number of rotatable bonds is 8. The number of carbonyl (C=O) groups excluding carboxylic acids is 2. The van der Waals surface area contributed by atoms with Crippen LogP contribution in [-0.4, -0.2) is 50.2 Å². The lowest BCUT2D eigenvalue weighted by Gasteiger charge is -2.26. The Balaban J connectivity index is 1.87. The summed E-state index contributed by atoms with van der Waals surface area (Å²) >= 11 is 1.42. The lowest BCUT2D eigenvalue weighted by molar-refractivity contribution is -0.138. The SMILES string of the molecule is CCCn1c(SCC2=C(C(=O)OCC)C(C)NC(=O)N2)nnc1-c1ccncc1. The minimum absolute atomic E-state index is 0.267. The number of nitrogens with one attached hydrogen (secondary N) is 2. The summed E-state index contributed by atoms with van der Waals surface area (Å²) < 4.78 is 7.20. The second-order valence-corrected chi connectivity index (χ2v) is 7.36. The van der Waals surface area contributed by atoms with Crippen LogP contribution in [0.25, 0.3) is 11.4 Å². The molecule has 9 nitrogen and oxygen atoms in total. The van der Waals surface area contributed by atoms with E-state index in [9.17, 15) is 9.59 Å². The number of hydrogen-bond donors (Lipinski definition) is 2. The molecule has 2 N–H and O–H groups in total. The Hall–Kier alpha value is -2.88. The van der Waals surface area contributed by atoms with Crippen LogP contribution in [0.15, 0.2) is 41.0 Å². The van der Waals surface area contributed by atoms with Gasteiger partial charge < -0.3 is 19.9 Å². The molecule has 154 valence electrons. The predicted octanol–water partition coefficient (Wildman–Crippen LogP) is 2.36. The summed E-state index contributed by atoms with van der Waals surface area (Å²) in [6.45, 7) is 6.61. The van der Waals surface area contributed by atoms with Gasteiger partial charge in [0.1, 0.15) is 0 Å². The molecule has 0 spiro atoms. The van der Waals surface area contributed by atoms with Crippen molar-refractivity contribution >= 4 is 23.8 Å². The average Bonchev–Trinajstić information content (AvgIpc) is 3.09. The van der Waals surface area contributed by atoms with Crippen LogP contribution in [0.1, 0.15) is 27.2 Å². The number of aromatic nitrogens is 4. The first kappa shape index (κ1) is 20.8. The first-order chi connectivity index (χ1) is 14.0. The van der Waals surface area contributed by atoms with Gasteiger partial charge in [0.25, 0.3) is 0 Å². The number of nitrogens with zero attached hydrogens (tertiary/aromatic N) is 4. The maximum Gasteiger partial charge on any atom is 0.337 e. The molecule has 3 heterocycles. The largest absolute Gasteiger partial charge is 0.463 e. The number of ether oxygens (including phenoxy) is 1. The number of urea groups is 1. The van der Waals surface area contributed by atoms with Gasteiger partial charge in [0.05, 0.1) is 18.2 Å². The number of hydrogen-bond acceptors (Lipinski definition) is 7. The average molecular weight is 417 g/mol. The molecule has 0 bridgehead atoms. The maximum absolute atomic E-state index is 12.4. The second kappa shape index (κ2) is 9.55. The van der Waals surface area contributed by atoms with Crippen molar-refractivity contribution in [3.8, 4) is 11.4 Å². The van der Waals surface area contributed by atoms with E-state index >= 15 is 0 Å². The molecular weight excluding hydrogens is 392 g/mol. The van der Waals surface area contributed by atoms with E-state index in [0.29, 0.717) is 17.0 Å². The molecule has 0 aliphatic carbocycles. The van der Waals surface area contributed by atoms with Crippen LogP contribution in [0.4, 0.5) is 4.79 Å². The normalized spacial score (nSPS) is 16.4. The van der Waals surface area contributed by atoms with E-state index < -0.39 is 12.0 Å². The zero-order valence-corrected chi connectivity index (χ0v) is 17.5. The van der Waals surface area contributed by atoms with Crippen molar-refractivity contribution in [3.63, 3.8) is 0 Å². The molecule has 1 atom stereocenters. The minimum Gasteiger partial charge on any atom is -0.463 e. The van der Waals surface area contributed by atoms with Crippen molar-refractivity contribution in [2.45, 2.75) is 44.9 Å². The molecule has 0 saturated heterocycles. The Bertz CT molecular complexity index is 912. The van der Waals surface area contributed by atoms with Crippen LogP contribution in [0.2, 0.25) is 0 Å². The van der Waals surface area contributed by atoms with Crippen LogP contribution < -0.4 is 10.6 Å². The molecule has 0 aromatic carbocycles. The summed E-state index contributed by atoms with van der Waals surface area (Å²) in [5, 5.41) is 14.8. The van der Waals surface area contributed by atoms with E-state index in [1.807, 2.05) is 16.7 Å². The highest BCUT2D eigenvalue weighted by Crippen LogP contribution is 2.27. The Labute approximate surface area is 173 Å². The van der Waals surface area contributed by atoms with E-state index in [4.69, 9.17) is 4.74 Å². The Morgan fingerprint density at radius 2 is 2.03 bits per heavy atom. The zero-order chi connectivity index (χ0) is 20.8. The lowest BCUT2D eigenvalue weighted by Crippen LogP contribution is -2.49. The molecule has 0 fully saturated rings. The van der Waals surface area contributed by atoms with Gasteiger partial charge >= 0.3 is 12.0 Å². The monoisotopic (exact) mass is 416 g/mol. The molecule has 0 radical (unpaired) electrons. The summed E-state index contributed by atoms with van der Waals surface area (Å²) in [6, 6.07) is 3.01. The van der Waals surface area contributed by atoms with Crippen molar-refractivity contribution in [2.75, 3.05) is 12.4 Å². The molecule has 1 unspecified atom stereocenters. The molecule has 29 heavy (non-hydrogen) atoms. The van der Waals surface area contributed by atoms with Crippen LogP contribution in [0.3, 0.4) is 0 Å². The Morgan fingerprint density at radius 1 is 1.28 bits per heavy atom. The third-order valence-corrected chi connectivity index (χ3v) is 5.31. The van der Waals surface area contributed by atoms with Gasteiger partial charge in [-0.25, -0.2) is 9.59 Å². The van der Waals surface area contributed by atoms with Crippen molar-refractivity contribution in [2.24, 2.45) is 0 Å².